The second kappa shape index (κ2) is 9.35. The summed E-state index contributed by atoms with van der Waals surface area (Å²) in [6.45, 7) is 2.45. The van der Waals surface area contributed by atoms with E-state index in [1.54, 1.807) is 0 Å². The van der Waals surface area contributed by atoms with E-state index in [1.165, 1.54) is 0 Å². The molecule has 1 fully saturated rings. The molecule has 25 heavy (non-hydrogen) atoms. The number of carbonyl (C=O) groups excluding carboxylic acids is 1. The molecule has 1 aliphatic carbocycles. The second-order valence-electron chi connectivity index (χ2n) is 5.90. The minimum atomic E-state index is -4.61. The van der Waals surface area contributed by atoms with Crippen molar-refractivity contribution in [2.75, 3.05) is 6.61 Å². The maximum atomic E-state index is 12.4. The number of rotatable bonds is 6. The van der Waals surface area contributed by atoms with Crippen molar-refractivity contribution < 1.29 is 22.7 Å². The quantitative estimate of drug-likeness (QED) is 0.692. The van der Waals surface area contributed by atoms with Crippen molar-refractivity contribution in [3.8, 4) is 0 Å². The molecule has 3 atom stereocenters. The van der Waals surface area contributed by atoms with Crippen molar-refractivity contribution in [2.45, 2.75) is 57.5 Å². The van der Waals surface area contributed by atoms with E-state index in [0.29, 0.717) is 25.9 Å². The fourth-order valence-electron chi connectivity index (χ4n) is 2.67. The first-order valence-electron chi connectivity index (χ1n) is 7.94. The molecule has 0 spiro atoms. The van der Waals surface area contributed by atoms with Crippen molar-refractivity contribution in [2.24, 2.45) is 11.7 Å². The minimum absolute atomic E-state index is 0. The number of H-pyrrole nitrogens is 1. The molecule has 4 N–H and O–H groups in total. The molecular weight excluding hydrogens is 363 g/mol. The molecule has 0 bridgehead atoms. The van der Waals surface area contributed by atoms with E-state index in [4.69, 9.17) is 10.5 Å². The number of nitrogens with two attached hydrogens (primary N) is 1. The smallest absolute Gasteiger partial charge is 0.377 e. The maximum Gasteiger partial charge on any atom is 0.453 e. The van der Waals surface area contributed by atoms with Crippen LogP contribution in [-0.2, 0) is 22.3 Å². The van der Waals surface area contributed by atoms with Crippen molar-refractivity contribution in [1.82, 2.24) is 20.5 Å². The van der Waals surface area contributed by atoms with Crippen LogP contribution in [0, 0.1) is 5.92 Å². The van der Waals surface area contributed by atoms with E-state index >= 15 is 0 Å². The van der Waals surface area contributed by atoms with E-state index in [2.05, 4.69) is 20.5 Å². The monoisotopic (exact) mass is 385 g/mol. The number of ether oxygens (including phenoxy) is 1. The summed E-state index contributed by atoms with van der Waals surface area (Å²) in [6.07, 6.45) is -2.10. The highest BCUT2D eigenvalue weighted by Crippen LogP contribution is 2.27. The van der Waals surface area contributed by atoms with E-state index in [9.17, 15) is 18.0 Å². The minimum Gasteiger partial charge on any atom is -0.377 e. The normalized spacial score (nSPS) is 23.8. The summed E-state index contributed by atoms with van der Waals surface area (Å²) in [5.41, 5.74) is 6.00. The molecule has 1 amide bonds. The average molecular weight is 386 g/mol. The summed E-state index contributed by atoms with van der Waals surface area (Å²) in [5, 5.41) is 7.85. The molecule has 7 nitrogen and oxygen atoms in total. The number of alkyl halides is 3. The molecule has 0 aromatic carbocycles. The zero-order chi connectivity index (χ0) is 17.7. The Balaban J connectivity index is 0.00000312. The first-order valence-corrected chi connectivity index (χ1v) is 7.94. The third-order valence-corrected chi connectivity index (χ3v) is 3.97. The Labute approximate surface area is 149 Å². The molecule has 2 rings (SSSR count). The van der Waals surface area contributed by atoms with Crippen LogP contribution in [0.2, 0.25) is 0 Å². The molecule has 1 aliphatic rings. The van der Waals surface area contributed by atoms with Crippen molar-refractivity contribution in [3.63, 3.8) is 0 Å². The third kappa shape index (κ3) is 6.12. The van der Waals surface area contributed by atoms with Crippen molar-refractivity contribution in [3.05, 3.63) is 11.6 Å². The summed E-state index contributed by atoms with van der Waals surface area (Å²) < 4.78 is 42.9. The van der Waals surface area contributed by atoms with Crippen LogP contribution in [0.1, 0.15) is 44.3 Å². The number of aromatic amines is 1. The largest absolute Gasteiger partial charge is 0.453 e. The molecule has 1 aromatic rings. The Morgan fingerprint density at radius 3 is 2.76 bits per heavy atom. The van der Waals surface area contributed by atoms with Gasteiger partial charge in [0.05, 0.1) is 12.6 Å². The van der Waals surface area contributed by atoms with Gasteiger partial charge in [-0.1, -0.05) is 6.92 Å². The summed E-state index contributed by atoms with van der Waals surface area (Å²) in [4.78, 5) is 15.5. The molecule has 0 radical (unpaired) electrons. The van der Waals surface area contributed by atoms with Crippen LogP contribution >= 0.6 is 12.4 Å². The number of hydrogen-bond acceptors (Lipinski definition) is 5. The molecule has 0 aliphatic heterocycles. The maximum absolute atomic E-state index is 12.4. The Morgan fingerprint density at radius 1 is 1.44 bits per heavy atom. The molecule has 144 valence electrons. The summed E-state index contributed by atoms with van der Waals surface area (Å²) in [5.74, 6) is -1.79. The van der Waals surface area contributed by atoms with E-state index in [1.807, 2.05) is 6.92 Å². The topological polar surface area (TPSA) is 106 Å². The zero-order valence-electron chi connectivity index (χ0n) is 13.8. The first kappa shape index (κ1) is 21.7. The Morgan fingerprint density at radius 2 is 2.16 bits per heavy atom. The van der Waals surface area contributed by atoms with Gasteiger partial charge in [0.2, 0.25) is 5.91 Å². The van der Waals surface area contributed by atoms with Crippen molar-refractivity contribution in [1.29, 1.82) is 0 Å². The molecule has 0 saturated heterocycles. The van der Waals surface area contributed by atoms with Gasteiger partial charge in [-0.3, -0.25) is 9.89 Å². The number of aromatic nitrogens is 3. The lowest BCUT2D eigenvalue weighted by molar-refractivity contribution is -0.144. The summed E-state index contributed by atoms with van der Waals surface area (Å²) in [6, 6.07) is -0.0933. The van der Waals surface area contributed by atoms with Crippen molar-refractivity contribution >= 4 is 18.3 Å². The SMILES string of the molecule is CCCO[C@H]1C[C@@H](C(=O)NCc2nc(C(F)(F)F)n[nH]2)CC[C@@H]1N.Cl. The van der Waals surface area contributed by atoms with Gasteiger partial charge in [-0.25, -0.2) is 4.98 Å². The predicted molar refractivity (Wildman–Crippen MR) is 85.8 cm³/mol. The first-order chi connectivity index (χ1) is 11.3. The Bertz CT molecular complexity index is 555. The van der Waals surface area contributed by atoms with Gasteiger partial charge in [0.1, 0.15) is 5.82 Å². The number of nitrogens with one attached hydrogen (secondary N) is 2. The molecule has 1 saturated carbocycles. The van der Waals surface area contributed by atoms with Crippen LogP contribution in [0.4, 0.5) is 13.2 Å². The lowest BCUT2D eigenvalue weighted by Gasteiger charge is -2.33. The average Bonchev–Trinajstić information content (AvgIpc) is 3.01. The van der Waals surface area contributed by atoms with Crippen LogP contribution in [0.25, 0.3) is 0 Å². The van der Waals surface area contributed by atoms with Gasteiger partial charge in [-0.2, -0.15) is 13.2 Å². The Kier molecular flexibility index (Phi) is 8.10. The molecule has 11 heteroatoms. The summed E-state index contributed by atoms with van der Waals surface area (Å²) >= 11 is 0. The van der Waals surface area contributed by atoms with Gasteiger partial charge in [-0.05, 0) is 25.7 Å². The highest BCUT2D eigenvalue weighted by molar-refractivity contribution is 5.85. The Hall–Kier alpha value is -1.39. The number of amides is 1. The second-order valence-corrected chi connectivity index (χ2v) is 5.90. The molecule has 1 aromatic heterocycles. The van der Waals surface area contributed by atoms with Crippen LogP contribution < -0.4 is 11.1 Å². The van der Waals surface area contributed by atoms with E-state index < -0.39 is 12.0 Å². The van der Waals surface area contributed by atoms with Gasteiger partial charge in [0.25, 0.3) is 5.82 Å². The van der Waals surface area contributed by atoms with Crippen LogP contribution in [0.5, 0.6) is 0 Å². The number of halogens is 4. The van der Waals surface area contributed by atoms with Crippen LogP contribution in [-0.4, -0.2) is 39.8 Å². The lowest BCUT2D eigenvalue weighted by Crippen LogP contribution is -2.45. The van der Waals surface area contributed by atoms with Crippen LogP contribution in [0.15, 0.2) is 0 Å². The van der Waals surface area contributed by atoms with Gasteiger partial charge >= 0.3 is 6.18 Å². The fraction of sp³-hybridized carbons (Fsp3) is 0.786. The third-order valence-electron chi connectivity index (χ3n) is 3.97. The standard InChI is InChI=1S/C14H22F3N5O2.ClH/c1-2-5-24-10-6-8(3-4-9(10)18)12(23)19-7-11-20-13(22-21-11)14(15,16)17;/h8-10H,2-7,18H2,1H3,(H,19,23)(H,20,21,22);1H/t8-,9-,10-;/m0./s1. The highest BCUT2D eigenvalue weighted by atomic mass is 35.5. The van der Waals surface area contributed by atoms with Crippen LogP contribution in [0.3, 0.4) is 0 Å². The lowest BCUT2D eigenvalue weighted by atomic mass is 9.83. The molecule has 0 unspecified atom stereocenters. The molecule has 1 heterocycles. The molecular formula is C14H23ClF3N5O2. The van der Waals surface area contributed by atoms with Gasteiger partial charge in [0, 0.05) is 18.6 Å². The van der Waals surface area contributed by atoms with E-state index in [0.717, 1.165) is 6.42 Å². The zero-order valence-corrected chi connectivity index (χ0v) is 14.6. The van der Waals surface area contributed by atoms with Gasteiger partial charge in [-0.15, -0.1) is 17.5 Å². The number of nitrogens with zero attached hydrogens (tertiary/aromatic N) is 2. The predicted octanol–water partition coefficient (Wildman–Crippen LogP) is 1.78. The van der Waals surface area contributed by atoms with E-state index in [-0.39, 0.29) is 48.7 Å². The highest BCUT2D eigenvalue weighted by Gasteiger charge is 2.36. The van der Waals surface area contributed by atoms with Gasteiger partial charge in [0.15, 0.2) is 0 Å². The van der Waals surface area contributed by atoms with Gasteiger partial charge < -0.3 is 15.8 Å². The summed E-state index contributed by atoms with van der Waals surface area (Å²) in [7, 11) is 0. The number of hydrogen-bond donors (Lipinski definition) is 3. The number of carbonyl (C=O) groups is 1. The fourth-order valence-corrected chi connectivity index (χ4v) is 2.67.